The third-order valence-electron chi connectivity index (χ3n) is 3.01. The highest BCUT2D eigenvalue weighted by Gasteiger charge is 2.01. The Morgan fingerprint density at radius 3 is 2.23 bits per heavy atom. The number of benzene rings is 1. The molecule has 0 atom stereocenters. The molecule has 0 spiro atoms. The van der Waals surface area contributed by atoms with E-state index < -0.39 is 10.1 Å². The molecule has 120 valence electrons. The van der Waals surface area contributed by atoms with Gasteiger partial charge in [-0.3, -0.25) is 0 Å². The molecule has 0 amide bonds. The first-order chi connectivity index (χ1) is 10.3. The van der Waals surface area contributed by atoms with Gasteiger partial charge in [-0.1, -0.05) is 39.7 Å². The Kier molecular flexibility index (Phi) is 7.72. The molecule has 2 rings (SSSR count). The Labute approximate surface area is 140 Å². The van der Waals surface area contributed by atoms with Gasteiger partial charge in [0.15, 0.2) is 11.9 Å². The van der Waals surface area contributed by atoms with E-state index in [1.54, 1.807) is 12.1 Å². The summed E-state index contributed by atoms with van der Waals surface area (Å²) >= 11 is 3.42. The quantitative estimate of drug-likeness (QED) is 0.461. The lowest BCUT2D eigenvalue weighted by atomic mass is 10.2. The van der Waals surface area contributed by atoms with Crippen LogP contribution in [0.25, 0.3) is 0 Å². The Hall–Kier alpha value is -1.24. The number of halogens is 1. The van der Waals surface area contributed by atoms with E-state index >= 15 is 0 Å². The monoisotopic (exact) mass is 385 g/mol. The molecule has 0 bridgehead atoms. The van der Waals surface area contributed by atoms with Crippen LogP contribution < -0.4 is 4.57 Å². The van der Waals surface area contributed by atoms with Crippen LogP contribution in [-0.4, -0.2) is 18.3 Å². The van der Waals surface area contributed by atoms with Crippen LogP contribution in [-0.2, 0) is 16.7 Å². The van der Waals surface area contributed by atoms with Gasteiger partial charge in [0, 0.05) is 30.8 Å². The molecule has 0 aliphatic carbocycles. The Morgan fingerprint density at radius 1 is 1.09 bits per heavy atom. The minimum absolute atomic E-state index is 0.178. The molecule has 0 radical (unpaired) electrons. The average Bonchev–Trinajstić information content (AvgIpc) is 2.47. The van der Waals surface area contributed by atoms with Gasteiger partial charge in [0.1, 0.15) is 16.7 Å². The van der Waals surface area contributed by atoms with E-state index in [1.165, 1.54) is 24.2 Å². The first-order valence-electron chi connectivity index (χ1n) is 6.88. The molecule has 0 aliphatic rings. The third kappa shape index (κ3) is 6.68. The molecular weight excluding hydrogens is 366 g/mol. The predicted octanol–water partition coefficient (Wildman–Crippen LogP) is 2.97. The standard InChI is InChI=1S/C9H13BrN.C7H8O3S/c1-9-5-2-3-7-11(9)8-4-6-10;1-6-2-4-7(5-3-6)11(8,9)10/h2-3,5,7H,4,6,8H2,1H3;2-5H,1H3,(H,8,9,10)/q+1;/p-1. The van der Waals surface area contributed by atoms with Crippen molar-refractivity contribution in [3.63, 3.8) is 0 Å². The number of nitrogens with zero attached hydrogens (tertiary/aromatic N) is 1. The van der Waals surface area contributed by atoms with E-state index in [4.69, 9.17) is 0 Å². The van der Waals surface area contributed by atoms with E-state index in [2.05, 4.69) is 51.8 Å². The van der Waals surface area contributed by atoms with Crippen molar-refractivity contribution in [3.8, 4) is 0 Å². The number of aromatic nitrogens is 1. The van der Waals surface area contributed by atoms with Crippen molar-refractivity contribution in [2.45, 2.75) is 31.7 Å². The number of alkyl halides is 1. The lowest BCUT2D eigenvalue weighted by Crippen LogP contribution is -2.36. The summed E-state index contributed by atoms with van der Waals surface area (Å²) in [6.07, 6.45) is 3.31. The zero-order chi connectivity index (χ0) is 16.6. The van der Waals surface area contributed by atoms with Gasteiger partial charge in [-0.2, -0.15) is 0 Å². The highest BCUT2D eigenvalue weighted by Crippen LogP contribution is 2.08. The summed E-state index contributed by atoms with van der Waals surface area (Å²) in [4.78, 5) is -0.178. The first kappa shape index (κ1) is 18.8. The molecule has 0 saturated heterocycles. The van der Waals surface area contributed by atoms with Crippen molar-refractivity contribution in [1.29, 1.82) is 0 Å². The van der Waals surface area contributed by atoms with Gasteiger partial charge >= 0.3 is 0 Å². The van der Waals surface area contributed by atoms with E-state index in [0.717, 1.165) is 17.4 Å². The number of rotatable bonds is 4. The zero-order valence-electron chi connectivity index (χ0n) is 12.7. The van der Waals surface area contributed by atoms with Crippen LogP contribution in [0.4, 0.5) is 0 Å². The number of hydrogen-bond acceptors (Lipinski definition) is 3. The largest absolute Gasteiger partial charge is 0.744 e. The van der Waals surface area contributed by atoms with E-state index in [0.29, 0.717) is 0 Å². The second kappa shape index (κ2) is 9.02. The van der Waals surface area contributed by atoms with E-state index in [1.807, 2.05) is 6.92 Å². The Balaban J connectivity index is 0.000000220. The molecule has 0 unspecified atom stereocenters. The smallest absolute Gasteiger partial charge is 0.178 e. The first-order valence-corrected chi connectivity index (χ1v) is 9.41. The van der Waals surface area contributed by atoms with Crippen LogP contribution in [0.15, 0.2) is 53.6 Å². The van der Waals surface area contributed by atoms with E-state index in [-0.39, 0.29) is 4.90 Å². The number of aryl methyl sites for hydroxylation is 3. The molecule has 6 heteroatoms. The Morgan fingerprint density at radius 2 is 1.73 bits per heavy atom. The SMILES string of the molecule is Cc1ccc(S(=O)(=O)[O-])cc1.Cc1cccc[n+]1CCCBr. The zero-order valence-corrected chi connectivity index (χ0v) is 15.1. The second-order valence-corrected chi connectivity index (χ2v) is 7.02. The van der Waals surface area contributed by atoms with Crippen molar-refractivity contribution >= 4 is 26.0 Å². The molecule has 0 aliphatic heterocycles. The van der Waals surface area contributed by atoms with Crippen molar-refractivity contribution in [1.82, 2.24) is 0 Å². The van der Waals surface area contributed by atoms with Gasteiger partial charge in [0.2, 0.25) is 0 Å². The normalized spacial score (nSPS) is 10.7. The molecular formula is C16H20BrNO3S. The summed E-state index contributed by atoms with van der Waals surface area (Å²) in [7, 11) is -4.27. The molecule has 1 heterocycles. The van der Waals surface area contributed by atoms with Gasteiger partial charge < -0.3 is 4.55 Å². The summed E-state index contributed by atoms with van der Waals surface area (Å²) in [5, 5.41) is 1.08. The van der Waals surface area contributed by atoms with Crippen molar-refractivity contribution in [2.75, 3.05) is 5.33 Å². The maximum Gasteiger partial charge on any atom is 0.178 e. The van der Waals surface area contributed by atoms with Crippen LogP contribution in [0.1, 0.15) is 17.7 Å². The van der Waals surface area contributed by atoms with Gasteiger partial charge in [0.05, 0.1) is 4.90 Å². The highest BCUT2D eigenvalue weighted by molar-refractivity contribution is 9.09. The summed E-state index contributed by atoms with van der Waals surface area (Å²) in [5.74, 6) is 0. The van der Waals surface area contributed by atoms with Crippen LogP contribution in [0.2, 0.25) is 0 Å². The third-order valence-corrected chi connectivity index (χ3v) is 4.42. The van der Waals surface area contributed by atoms with Gasteiger partial charge in [-0.15, -0.1) is 0 Å². The molecule has 1 aromatic carbocycles. The fraction of sp³-hybridized carbons (Fsp3) is 0.312. The summed E-state index contributed by atoms with van der Waals surface area (Å²) in [6.45, 7) is 5.06. The van der Waals surface area contributed by atoms with E-state index in [9.17, 15) is 13.0 Å². The average molecular weight is 386 g/mol. The molecule has 2 aromatic rings. The summed E-state index contributed by atoms with van der Waals surface area (Å²) in [6, 6.07) is 12.1. The van der Waals surface area contributed by atoms with Crippen LogP contribution in [0.5, 0.6) is 0 Å². The summed E-state index contributed by atoms with van der Waals surface area (Å²) < 4.78 is 33.4. The highest BCUT2D eigenvalue weighted by atomic mass is 79.9. The lowest BCUT2D eigenvalue weighted by Gasteiger charge is -2.05. The fourth-order valence-electron chi connectivity index (χ4n) is 1.75. The lowest BCUT2D eigenvalue weighted by molar-refractivity contribution is -0.702. The summed E-state index contributed by atoms with van der Waals surface area (Å²) in [5.41, 5.74) is 2.26. The van der Waals surface area contributed by atoms with Crippen LogP contribution in [0, 0.1) is 13.8 Å². The molecule has 0 N–H and O–H groups in total. The molecule has 1 aromatic heterocycles. The predicted molar refractivity (Wildman–Crippen MR) is 88.9 cm³/mol. The molecule has 0 fully saturated rings. The maximum absolute atomic E-state index is 10.4. The molecule has 22 heavy (non-hydrogen) atoms. The van der Waals surface area contributed by atoms with Crippen LogP contribution in [0.3, 0.4) is 0 Å². The maximum atomic E-state index is 10.4. The fourth-order valence-corrected chi connectivity index (χ4v) is 2.47. The minimum Gasteiger partial charge on any atom is -0.744 e. The van der Waals surface area contributed by atoms with Crippen molar-refractivity contribution in [3.05, 3.63) is 59.9 Å². The Bertz CT molecular complexity index is 685. The topological polar surface area (TPSA) is 61.1 Å². The molecule has 4 nitrogen and oxygen atoms in total. The number of hydrogen-bond donors (Lipinski definition) is 0. The molecule has 0 saturated carbocycles. The minimum atomic E-state index is -4.27. The van der Waals surface area contributed by atoms with Crippen molar-refractivity contribution < 1.29 is 17.5 Å². The van der Waals surface area contributed by atoms with Gasteiger partial charge in [-0.25, -0.2) is 13.0 Å². The van der Waals surface area contributed by atoms with Gasteiger partial charge in [-0.05, 0) is 19.1 Å². The van der Waals surface area contributed by atoms with Crippen molar-refractivity contribution in [2.24, 2.45) is 0 Å². The number of pyridine rings is 1. The van der Waals surface area contributed by atoms with Crippen LogP contribution >= 0.6 is 15.9 Å². The van der Waals surface area contributed by atoms with Gasteiger partial charge in [0.25, 0.3) is 0 Å². The second-order valence-electron chi connectivity index (χ2n) is 4.85.